The van der Waals surface area contributed by atoms with E-state index in [0.29, 0.717) is 19.3 Å². The Morgan fingerprint density at radius 1 is 0.590 bits per heavy atom. The number of phosphoric acid groups is 1. The molecule has 61 heavy (non-hydrogen) atoms. The van der Waals surface area contributed by atoms with Crippen molar-refractivity contribution in [3.8, 4) is 0 Å². The zero-order valence-corrected chi connectivity index (χ0v) is 38.7. The molecule has 0 heterocycles. The van der Waals surface area contributed by atoms with E-state index in [-0.39, 0.29) is 6.42 Å². The maximum atomic E-state index is 13.0. The molecule has 0 aliphatic heterocycles. The van der Waals surface area contributed by atoms with E-state index in [1.807, 2.05) is 6.08 Å². The smallest absolute Gasteiger partial charge is 0.393 e. The van der Waals surface area contributed by atoms with Crippen LogP contribution in [0.2, 0.25) is 0 Å². The Morgan fingerprint density at radius 2 is 0.984 bits per heavy atom. The predicted molar refractivity (Wildman–Crippen MR) is 243 cm³/mol. The van der Waals surface area contributed by atoms with E-state index in [9.17, 15) is 50.0 Å². The number of carbonyl (C=O) groups excluding carboxylic acids is 1. The van der Waals surface area contributed by atoms with Gasteiger partial charge in [-0.2, -0.15) is 0 Å². The first-order valence-electron chi connectivity index (χ1n) is 24.0. The molecule has 0 bridgehead atoms. The van der Waals surface area contributed by atoms with E-state index < -0.39 is 75.2 Å². The molecule has 8 unspecified atom stereocenters. The normalized spacial score (nSPS) is 23.5. The van der Waals surface area contributed by atoms with Crippen LogP contribution in [0, 0.1) is 0 Å². The number of hydrogen-bond donors (Lipinski definition) is 9. The first-order valence-corrected chi connectivity index (χ1v) is 25.5. The molecule has 8 atom stereocenters. The third-order valence-corrected chi connectivity index (χ3v) is 12.5. The average Bonchev–Trinajstić information content (AvgIpc) is 3.23. The predicted octanol–water partition coefficient (Wildman–Crippen LogP) is 8.14. The molecule has 0 aromatic rings. The first kappa shape index (κ1) is 57.5. The van der Waals surface area contributed by atoms with Crippen molar-refractivity contribution in [2.24, 2.45) is 0 Å². The Hall–Kier alpha value is -1.48. The van der Waals surface area contributed by atoms with E-state index in [4.69, 9.17) is 9.05 Å². The Morgan fingerprint density at radius 3 is 1.43 bits per heavy atom. The summed E-state index contributed by atoms with van der Waals surface area (Å²) in [6.45, 7) is 3.60. The molecule has 1 rings (SSSR count). The van der Waals surface area contributed by atoms with Gasteiger partial charge in [0.05, 0.1) is 31.3 Å². The van der Waals surface area contributed by atoms with Gasteiger partial charge < -0.3 is 46.0 Å². The molecule has 14 heteroatoms. The molecule has 1 aliphatic rings. The number of carbonyl (C=O) groups is 1. The third kappa shape index (κ3) is 28.8. The number of aliphatic hydroxyl groups excluding tert-OH is 7. The monoisotopic (exact) mass is 890 g/mol. The fourth-order valence-electron chi connectivity index (χ4n) is 7.57. The molecule has 9 N–H and O–H groups in total. The topological polar surface area (TPSA) is 226 Å². The van der Waals surface area contributed by atoms with Gasteiger partial charge >= 0.3 is 7.82 Å². The Balaban J connectivity index is 2.42. The van der Waals surface area contributed by atoms with Crippen LogP contribution in [-0.4, -0.2) is 108 Å². The van der Waals surface area contributed by atoms with E-state index in [0.717, 1.165) is 44.9 Å². The van der Waals surface area contributed by atoms with Gasteiger partial charge in [-0.25, -0.2) is 4.57 Å². The number of nitrogens with one attached hydrogen (secondary N) is 1. The van der Waals surface area contributed by atoms with Gasteiger partial charge in [-0.05, 0) is 38.5 Å². The summed E-state index contributed by atoms with van der Waals surface area (Å²) >= 11 is 0. The number of phosphoric ester groups is 1. The maximum Gasteiger partial charge on any atom is 0.472 e. The van der Waals surface area contributed by atoms with Crippen LogP contribution in [-0.2, 0) is 18.4 Å². The van der Waals surface area contributed by atoms with E-state index in [2.05, 4.69) is 37.4 Å². The molecular formula is C47H88NO12P. The maximum absolute atomic E-state index is 13.0. The Bertz CT molecular complexity index is 1190. The van der Waals surface area contributed by atoms with Gasteiger partial charge in [-0.1, -0.05) is 185 Å². The van der Waals surface area contributed by atoms with Gasteiger partial charge in [0.25, 0.3) is 0 Å². The molecule has 0 spiro atoms. The van der Waals surface area contributed by atoms with Gasteiger partial charge in [0, 0.05) is 0 Å². The number of amides is 1. The van der Waals surface area contributed by atoms with E-state index >= 15 is 0 Å². The summed E-state index contributed by atoms with van der Waals surface area (Å²) < 4.78 is 22.8. The van der Waals surface area contributed by atoms with Gasteiger partial charge in [0.2, 0.25) is 5.91 Å². The average molecular weight is 890 g/mol. The van der Waals surface area contributed by atoms with Crippen molar-refractivity contribution in [1.29, 1.82) is 0 Å². The number of hydrogen-bond acceptors (Lipinski definition) is 11. The second kappa shape index (κ2) is 36.8. The highest BCUT2D eigenvalue weighted by Gasteiger charge is 2.51. The van der Waals surface area contributed by atoms with Crippen LogP contribution in [0.4, 0.5) is 0 Å². The number of unbranched alkanes of at least 4 members (excludes halogenated alkanes) is 22. The summed E-state index contributed by atoms with van der Waals surface area (Å²) in [5.74, 6) is -0.607. The lowest BCUT2D eigenvalue weighted by molar-refractivity contribution is -0.220. The lowest BCUT2D eigenvalue weighted by atomic mass is 9.85. The summed E-state index contributed by atoms with van der Waals surface area (Å²) in [6.07, 6.45) is 28.4. The van der Waals surface area contributed by atoms with Crippen LogP contribution in [0.3, 0.4) is 0 Å². The van der Waals surface area contributed by atoms with Gasteiger partial charge in [0.1, 0.15) is 36.6 Å². The highest BCUT2D eigenvalue weighted by atomic mass is 31.2. The molecule has 1 fully saturated rings. The van der Waals surface area contributed by atoms with Crippen molar-refractivity contribution in [2.75, 3.05) is 6.61 Å². The highest BCUT2D eigenvalue weighted by Crippen LogP contribution is 2.47. The number of rotatable bonds is 39. The Labute approximate surface area is 368 Å². The standard InChI is InChI=1S/C47H88NO12P/c1-3-5-7-9-11-13-15-16-17-18-19-20-21-22-23-24-25-26-28-30-32-34-38(49)36-41(51)48-39(40(50)35-33-31-29-27-14-12-10-8-6-4-2)37-59-61(57,58)60-47-45(55)43(53)42(52)44(54)46(47)56/h6,8,14,27,33,35,38-40,42-47,49-50,52-56H,3-5,7,9-13,15-26,28-32,34,36-37H2,1-2H3,(H,48,51)(H,57,58)/b8-6+,27-14+,35-33+. The summed E-state index contributed by atoms with van der Waals surface area (Å²) in [5.41, 5.74) is 0. The molecular weight excluding hydrogens is 801 g/mol. The van der Waals surface area contributed by atoms with E-state index in [1.165, 1.54) is 115 Å². The summed E-state index contributed by atoms with van der Waals surface area (Å²) in [6, 6.07) is -1.26. The lowest BCUT2D eigenvalue weighted by Gasteiger charge is -2.41. The lowest BCUT2D eigenvalue weighted by Crippen LogP contribution is -2.64. The molecule has 1 aliphatic carbocycles. The van der Waals surface area contributed by atoms with Gasteiger partial charge in [0.15, 0.2) is 0 Å². The molecule has 0 radical (unpaired) electrons. The summed E-state index contributed by atoms with van der Waals surface area (Å²) in [7, 11) is -5.15. The minimum atomic E-state index is -5.15. The van der Waals surface area contributed by atoms with Gasteiger partial charge in [-0.15, -0.1) is 0 Å². The van der Waals surface area contributed by atoms with Crippen molar-refractivity contribution in [2.45, 2.75) is 249 Å². The SMILES string of the molecule is CC/C=C/CC/C=C/CC/C=C/C(O)C(COP(=O)(O)OC1C(O)C(O)C(O)C(O)C1O)NC(=O)CC(O)CCCCCCCCCCCCCCCCCCCCCCC. The molecule has 0 aromatic carbocycles. The van der Waals surface area contributed by atoms with Crippen LogP contribution >= 0.6 is 7.82 Å². The van der Waals surface area contributed by atoms with Crippen molar-refractivity contribution >= 4 is 13.7 Å². The first-order chi connectivity index (χ1) is 29.3. The molecule has 0 saturated heterocycles. The molecule has 1 amide bonds. The zero-order chi connectivity index (χ0) is 45.1. The fourth-order valence-corrected chi connectivity index (χ4v) is 8.54. The summed E-state index contributed by atoms with van der Waals surface area (Å²) in [5, 5.41) is 74.3. The zero-order valence-electron chi connectivity index (χ0n) is 37.8. The molecule has 0 aromatic heterocycles. The van der Waals surface area contributed by atoms with Crippen LogP contribution in [0.25, 0.3) is 0 Å². The fraction of sp³-hybridized carbons (Fsp3) is 0.851. The highest BCUT2D eigenvalue weighted by molar-refractivity contribution is 7.47. The van der Waals surface area contributed by atoms with Crippen LogP contribution in [0.15, 0.2) is 36.5 Å². The number of allylic oxidation sites excluding steroid dienone is 5. The molecule has 1 saturated carbocycles. The minimum Gasteiger partial charge on any atom is -0.393 e. The van der Waals surface area contributed by atoms with Crippen molar-refractivity contribution in [1.82, 2.24) is 5.32 Å². The van der Waals surface area contributed by atoms with Crippen molar-refractivity contribution in [3.05, 3.63) is 36.5 Å². The third-order valence-electron chi connectivity index (χ3n) is 11.5. The largest absolute Gasteiger partial charge is 0.472 e. The molecule has 13 nitrogen and oxygen atoms in total. The van der Waals surface area contributed by atoms with Crippen LogP contribution in [0.1, 0.15) is 194 Å². The second-order valence-electron chi connectivity index (χ2n) is 17.1. The summed E-state index contributed by atoms with van der Waals surface area (Å²) in [4.78, 5) is 23.4. The second-order valence-corrected chi connectivity index (χ2v) is 18.5. The van der Waals surface area contributed by atoms with Crippen molar-refractivity contribution in [3.63, 3.8) is 0 Å². The van der Waals surface area contributed by atoms with Crippen molar-refractivity contribution < 1.29 is 59.0 Å². The van der Waals surface area contributed by atoms with E-state index in [1.54, 1.807) is 6.08 Å². The quantitative estimate of drug-likeness (QED) is 0.0162. The number of aliphatic hydroxyl groups is 7. The Kier molecular flexibility index (Phi) is 34.7. The molecule has 358 valence electrons. The minimum absolute atomic E-state index is 0.254. The van der Waals surface area contributed by atoms with Gasteiger partial charge in [-0.3, -0.25) is 13.8 Å². The van der Waals surface area contributed by atoms with Crippen LogP contribution < -0.4 is 5.32 Å². The van der Waals surface area contributed by atoms with Crippen LogP contribution in [0.5, 0.6) is 0 Å².